The number of likely N-dealkylation sites (tertiary alicyclic amines) is 1. The number of ether oxygens (including phenoxy) is 1. The van der Waals surface area contributed by atoms with Gasteiger partial charge in [-0.05, 0) is 38.1 Å². The number of hydrogen-bond acceptors (Lipinski definition) is 4. The highest BCUT2D eigenvalue weighted by Gasteiger charge is 2.13. The van der Waals surface area contributed by atoms with Gasteiger partial charge in [-0.3, -0.25) is 9.69 Å². The number of nitrogens with one attached hydrogen (secondary N) is 1. The number of carbonyl (C=O) groups excluding carboxylic acids is 1. The summed E-state index contributed by atoms with van der Waals surface area (Å²) in [4.78, 5) is 20.6. The highest BCUT2D eigenvalue weighted by molar-refractivity contribution is 5.94. The molecule has 1 aromatic carbocycles. The van der Waals surface area contributed by atoms with Gasteiger partial charge in [0.25, 0.3) is 5.91 Å². The minimum absolute atomic E-state index is 0.163. The Labute approximate surface area is 116 Å². The maximum atomic E-state index is 11.2. The van der Waals surface area contributed by atoms with Crippen molar-refractivity contribution >= 4 is 16.9 Å². The third kappa shape index (κ3) is 2.60. The van der Waals surface area contributed by atoms with Crippen molar-refractivity contribution in [2.24, 2.45) is 5.73 Å². The summed E-state index contributed by atoms with van der Waals surface area (Å²) in [6, 6.07) is 5.58. The first-order valence-corrected chi connectivity index (χ1v) is 6.88. The summed E-state index contributed by atoms with van der Waals surface area (Å²) in [7, 11) is 0. The molecule has 1 saturated heterocycles. The van der Waals surface area contributed by atoms with Gasteiger partial charge in [-0.2, -0.15) is 0 Å². The number of hydrogen-bond donors (Lipinski definition) is 2. The molecule has 106 valence electrons. The number of aromatic amines is 1. The van der Waals surface area contributed by atoms with Gasteiger partial charge in [-0.1, -0.05) is 6.07 Å². The third-order valence-electron chi connectivity index (χ3n) is 3.57. The predicted octanol–water partition coefficient (Wildman–Crippen LogP) is 1.14. The molecular formula is C14H18N4O2. The number of amides is 1. The molecule has 0 spiro atoms. The molecule has 0 atom stereocenters. The number of H-pyrrole nitrogens is 1. The van der Waals surface area contributed by atoms with E-state index in [1.807, 2.05) is 18.2 Å². The highest BCUT2D eigenvalue weighted by atomic mass is 16.5. The van der Waals surface area contributed by atoms with Gasteiger partial charge >= 0.3 is 0 Å². The van der Waals surface area contributed by atoms with Gasteiger partial charge in [0.15, 0.2) is 5.82 Å². The number of aromatic nitrogens is 2. The average Bonchev–Trinajstić information content (AvgIpc) is 3.07. The van der Waals surface area contributed by atoms with Crippen LogP contribution in [-0.2, 0) is 0 Å². The molecular weight excluding hydrogens is 256 g/mol. The monoisotopic (exact) mass is 274 g/mol. The fraction of sp³-hybridized carbons (Fsp3) is 0.429. The minimum atomic E-state index is -0.566. The van der Waals surface area contributed by atoms with E-state index in [1.165, 1.54) is 12.8 Å². The fourth-order valence-corrected chi connectivity index (χ4v) is 2.53. The molecule has 20 heavy (non-hydrogen) atoms. The number of benzene rings is 1. The average molecular weight is 274 g/mol. The smallest absolute Gasteiger partial charge is 0.284 e. The second kappa shape index (κ2) is 5.50. The lowest BCUT2D eigenvalue weighted by Crippen LogP contribution is -2.25. The molecule has 1 aliphatic rings. The molecule has 0 unspecified atom stereocenters. The standard InChI is InChI=1S/C14H18N4O2/c15-13(19)14-16-10-4-3-5-11(12(10)17-14)20-9-8-18-6-1-2-7-18/h3-5H,1-2,6-9H2,(H2,15,19)(H,16,17). The summed E-state index contributed by atoms with van der Waals surface area (Å²) in [5.74, 6) is 0.283. The minimum Gasteiger partial charge on any atom is -0.490 e. The van der Waals surface area contributed by atoms with E-state index in [0.29, 0.717) is 17.9 Å². The zero-order valence-corrected chi connectivity index (χ0v) is 11.3. The Bertz CT molecular complexity index is 617. The summed E-state index contributed by atoms with van der Waals surface area (Å²) in [5.41, 5.74) is 6.65. The lowest BCUT2D eigenvalue weighted by atomic mass is 10.3. The molecule has 6 heteroatoms. The van der Waals surface area contributed by atoms with Crippen LogP contribution in [0.4, 0.5) is 0 Å². The number of nitrogens with zero attached hydrogens (tertiary/aromatic N) is 2. The van der Waals surface area contributed by atoms with Crippen molar-refractivity contribution in [1.82, 2.24) is 14.9 Å². The molecule has 0 aliphatic carbocycles. The van der Waals surface area contributed by atoms with Crippen molar-refractivity contribution in [2.75, 3.05) is 26.2 Å². The van der Waals surface area contributed by atoms with Gasteiger partial charge < -0.3 is 15.5 Å². The Morgan fingerprint density at radius 2 is 2.20 bits per heavy atom. The molecule has 3 N–H and O–H groups in total. The second-order valence-electron chi connectivity index (χ2n) is 5.00. The molecule has 6 nitrogen and oxygen atoms in total. The number of para-hydroxylation sites is 1. The van der Waals surface area contributed by atoms with Crippen LogP contribution in [0.1, 0.15) is 23.5 Å². The molecule has 0 bridgehead atoms. The van der Waals surface area contributed by atoms with Crippen molar-refractivity contribution in [2.45, 2.75) is 12.8 Å². The summed E-state index contributed by atoms with van der Waals surface area (Å²) < 4.78 is 5.80. The first-order chi connectivity index (χ1) is 9.74. The van der Waals surface area contributed by atoms with Crippen LogP contribution in [0.15, 0.2) is 18.2 Å². The first-order valence-electron chi connectivity index (χ1n) is 6.88. The molecule has 1 aromatic heterocycles. The van der Waals surface area contributed by atoms with Gasteiger partial charge in [-0.25, -0.2) is 4.98 Å². The van der Waals surface area contributed by atoms with Crippen LogP contribution in [0, 0.1) is 0 Å². The number of fused-ring (bicyclic) bond motifs is 1. The highest BCUT2D eigenvalue weighted by Crippen LogP contribution is 2.23. The van der Waals surface area contributed by atoms with Crippen molar-refractivity contribution in [3.05, 3.63) is 24.0 Å². The summed E-state index contributed by atoms with van der Waals surface area (Å²) in [6.45, 7) is 3.85. The largest absolute Gasteiger partial charge is 0.490 e. The van der Waals surface area contributed by atoms with E-state index in [0.717, 1.165) is 25.2 Å². The molecule has 2 heterocycles. The van der Waals surface area contributed by atoms with Crippen LogP contribution in [0.25, 0.3) is 11.0 Å². The molecule has 1 fully saturated rings. The van der Waals surface area contributed by atoms with Crippen LogP contribution in [-0.4, -0.2) is 47.0 Å². The maximum absolute atomic E-state index is 11.2. The molecule has 1 amide bonds. The Morgan fingerprint density at radius 1 is 1.40 bits per heavy atom. The van der Waals surface area contributed by atoms with E-state index in [1.54, 1.807) is 0 Å². The number of carbonyl (C=O) groups is 1. The molecule has 0 radical (unpaired) electrons. The second-order valence-corrected chi connectivity index (χ2v) is 5.00. The number of rotatable bonds is 5. The van der Waals surface area contributed by atoms with Gasteiger partial charge in [0.2, 0.25) is 0 Å². The Kier molecular flexibility index (Phi) is 3.56. The number of primary amides is 1. The molecule has 0 saturated carbocycles. The van der Waals surface area contributed by atoms with E-state index in [4.69, 9.17) is 10.5 Å². The summed E-state index contributed by atoms with van der Waals surface area (Å²) >= 11 is 0. The SMILES string of the molecule is NC(=O)c1nc2c(OCCN3CCCC3)cccc2[nH]1. The van der Waals surface area contributed by atoms with Gasteiger partial charge in [0.05, 0.1) is 5.52 Å². The zero-order valence-electron chi connectivity index (χ0n) is 11.3. The van der Waals surface area contributed by atoms with E-state index in [2.05, 4.69) is 14.9 Å². The topological polar surface area (TPSA) is 84.2 Å². The molecule has 1 aliphatic heterocycles. The van der Waals surface area contributed by atoms with Gasteiger partial charge in [0, 0.05) is 6.54 Å². The Balaban J connectivity index is 1.71. The lowest BCUT2D eigenvalue weighted by Gasteiger charge is -2.14. The third-order valence-corrected chi connectivity index (χ3v) is 3.57. The van der Waals surface area contributed by atoms with Crippen molar-refractivity contribution in [3.8, 4) is 5.75 Å². The number of nitrogens with two attached hydrogens (primary N) is 1. The quantitative estimate of drug-likeness (QED) is 0.856. The van der Waals surface area contributed by atoms with E-state index in [-0.39, 0.29) is 5.82 Å². The lowest BCUT2D eigenvalue weighted by molar-refractivity contribution is 0.0991. The van der Waals surface area contributed by atoms with Crippen molar-refractivity contribution < 1.29 is 9.53 Å². The Morgan fingerprint density at radius 3 is 2.95 bits per heavy atom. The van der Waals surface area contributed by atoms with Crippen molar-refractivity contribution in [3.63, 3.8) is 0 Å². The molecule has 3 rings (SSSR count). The summed E-state index contributed by atoms with van der Waals surface area (Å²) in [6.07, 6.45) is 2.55. The van der Waals surface area contributed by atoms with Crippen LogP contribution < -0.4 is 10.5 Å². The predicted molar refractivity (Wildman–Crippen MR) is 75.8 cm³/mol. The Hall–Kier alpha value is -2.08. The molecule has 2 aromatic rings. The van der Waals surface area contributed by atoms with Crippen LogP contribution in [0.2, 0.25) is 0 Å². The van der Waals surface area contributed by atoms with E-state index >= 15 is 0 Å². The van der Waals surface area contributed by atoms with Gasteiger partial charge in [0.1, 0.15) is 17.9 Å². The van der Waals surface area contributed by atoms with Crippen LogP contribution in [0.5, 0.6) is 5.75 Å². The van der Waals surface area contributed by atoms with E-state index < -0.39 is 5.91 Å². The summed E-state index contributed by atoms with van der Waals surface area (Å²) in [5, 5.41) is 0. The van der Waals surface area contributed by atoms with Crippen LogP contribution >= 0.6 is 0 Å². The first kappa shape index (κ1) is 12.9. The van der Waals surface area contributed by atoms with Crippen molar-refractivity contribution in [1.29, 1.82) is 0 Å². The number of imidazole rings is 1. The van der Waals surface area contributed by atoms with Crippen LogP contribution in [0.3, 0.4) is 0 Å². The van der Waals surface area contributed by atoms with Gasteiger partial charge in [-0.15, -0.1) is 0 Å². The fourth-order valence-electron chi connectivity index (χ4n) is 2.53. The van der Waals surface area contributed by atoms with E-state index in [9.17, 15) is 4.79 Å². The maximum Gasteiger partial charge on any atom is 0.284 e. The normalized spacial score (nSPS) is 15.8. The zero-order chi connectivity index (χ0) is 13.9.